The van der Waals surface area contributed by atoms with Crippen LogP contribution < -0.4 is 0 Å². The molecular formula is C14H19BrO. The summed E-state index contributed by atoms with van der Waals surface area (Å²) in [4.78, 5) is 0. The van der Waals surface area contributed by atoms with Crippen molar-refractivity contribution in [1.82, 2.24) is 0 Å². The van der Waals surface area contributed by atoms with Gasteiger partial charge in [0.05, 0.1) is 5.60 Å². The quantitative estimate of drug-likeness (QED) is 0.879. The maximum Gasteiger partial charge on any atom is 0.0871 e. The van der Waals surface area contributed by atoms with Crippen LogP contribution in [0.2, 0.25) is 0 Å². The van der Waals surface area contributed by atoms with Gasteiger partial charge in [-0.3, -0.25) is 0 Å². The zero-order chi connectivity index (χ0) is 11.6. The highest BCUT2D eigenvalue weighted by Crippen LogP contribution is 2.36. The van der Waals surface area contributed by atoms with Crippen molar-refractivity contribution in [1.29, 1.82) is 0 Å². The molecule has 1 aliphatic carbocycles. The molecule has 2 rings (SSSR count). The van der Waals surface area contributed by atoms with E-state index in [1.807, 2.05) is 31.2 Å². The average Bonchev–Trinajstić information content (AvgIpc) is 2.70. The lowest BCUT2D eigenvalue weighted by atomic mass is 9.85. The Kier molecular flexibility index (Phi) is 3.70. The standard InChI is InChI=1S/C14H19BrO/c1-14(16,10-11-4-2-3-5-11)12-6-8-13(15)9-7-12/h6-9,11,16H,2-5,10H2,1H3. The van der Waals surface area contributed by atoms with E-state index in [1.165, 1.54) is 25.7 Å². The van der Waals surface area contributed by atoms with Crippen LogP contribution in [0.4, 0.5) is 0 Å². The molecule has 1 aliphatic rings. The lowest BCUT2D eigenvalue weighted by Gasteiger charge is -2.27. The summed E-state index contributed by atoms with van der Waals surface area (Å²) in [7, 11) is 0. The molecule has 1 aromatic carbocycles. The number of aliphatic hydroxyl groups is 1. The smallest absolute Gasteiger partial charge is 0.0871 e. The van der Waals surface area contributed by atoms with Gasteiger partial charge in [-0.05, 0) is 37.0 Å². The lowest BCUT2D eigenvalue weighted by molar-refractivity contribution is 0.0308. The number of hydrogen-bond acceptors (Lipinski definition) is 1. The van der Waals surface area contributed by atoms with Gasteiger partial charge in [0.1, 0.15) is 0 Å². The van der Waals surface area contributed by atoms with Crippen LogP contribution in [-0.4, -0.2) is 5.11 Å². The summed E-state index contributed by atoms with van der Waals surface area (Å²) in [6.07, 6.45) is 6.14. The van der Waals surface area contributed by atoms with Crippen LogP contribution in [0, 0.1) is 5.92 Å². The van der Waals surface area contributed by atoms with Crippen molar-refractivity contribution in [3.8, 4) is 0 Å². The SMILES string of the molecule is CC(O)(CC1CCCC1)c1ccc(Br)cc1. The van der Waals surface area contributed by atoms with E-state index in [-0.39, 0.29) is 0 Å². The van der Waals surface area contributed by atoms with Gasteiger partial charge in [0.25, 0.3) is 0 Å². The second-order valence-corrected chi connectivity index (χ2v) is 6.05. The molecule has 0 saturated heterocycles. The molecule has 1 saturated carbocycles. The minimum atomic E-state index is -0.671. The highest BCUT2D eigenvalue weighted by molar-refractivity contribution is 9.10. The summed E-state index contributed by atoms with van der Waals surface area (Å²) in [6, 6.07) is 8.02. The first-order valence-corrected chi connectivity index (χ1v) is 6.86. The molecule has 0 spiro atoms. The molecule has 1 N–H and O–H groups in total. The Morgan fingerprint density at radius 2 is 1.81 bits per heavy atom. The summed E-state index contributed by atoms with van der Waals surface area (Å²) in [5.74, 6) is 0.707. The molecule has 1 aromatic rings. The molecule has 0 aromatic heterocycles. The Hall–Kier alpha value is -0.340. The van der Waals surface area contributed by atoms with Gasteiger partial charge in [0, 0.05) is 4.47 Å². The minimum absolute atomic E-state index is 0.671. The molecule has 0 amide bonds. The van der Waals surface area contributed by atoms with Crippen molar-refractivity contribution < 1.29 is 5.11 Å². The predicted octanol–water partition coefficient (Wildman–Crippen LogP) is 4.24. The van der Waals surface area contributed by atoms with Crippen LogP contribution in [0.5, 0.6) is 0 Å². The normalized spacial score (nSPS) is 20.9. The molecule has 1 unspecified atom stereocenters. The fourth-order valence-corrected chi connectivity index (χ4v) is 2.97. The molecule has 1 atom stereocenters. The van der Waals surface area contributed by atoms with Crippen molar-refractivity contribution in [3.05, 3.63) is 34.3 Å². The first-order valence-electron chi connectivity index (χ1n) is 6.06. The maximum absolute atomic E-state index is 10.5. The van der Waals surface area contributed by atoms with E-state index in [2.05, 4.69) is 15.9 Å². The second-order valence-electron chi connectivity index (χ2n) is 5.14. The van der Waals surface area contributed by atoms with Gasteiger partial charge in [0.15, 0.2) is 0 Å². The molecule has 0 bridgehead atoms. The summed E-state index contributed by atoms with van der Waals surface area (Å²) in [5.41, 5.74) is 0.359. The van der Waals surface area contributed by atoms with E-state index in [1.54, 1.807) is 0 Å². The second kappa shape index (κ2) is 4.89. The molecule has 1 fully saturated rings. The van der Waals surface area contributed by atoms with Gasteiger partial charge in [-0.2, -0.15) is 0 Å². The van der Waals surface area contributed by atoms with Gasteiger partial charge in [-0.15, -0.1) is 0 Å². The first-order chi connectivity index (χ1) is 7.58. The van der Waals surface area contributed by atoms with Crippen LogP contribution >= 0.6 is 15.9 Å². The fraction of sp³-hybridized carbons (Fsp3) is 0.571. The molecule has 1 nitrogen and oxygen atoms in total. The highest BCUT2D eigenvalue weighted by Gasteiger charge is 2.28. The Bertz CT molecular complexity index is 336. The summed E-state index contributed by atoms with van der Waals surface area (Å²) in [5, 5.41) is 10.5. The third-order valence-corrected chi connectivity index (χ3v) is 4.16. The van der Waals surface area contributed by atoms with E-state index in [9.17, 15) is 5.11 Å². The largest absolute Gasteiger partial charge is 0.385 e. The number of benzene rings is 1. The topological polar surface area (TPSA) is 20.2 Å². The zero-order valence-electron chi connectivity index (χ0n) is 9.75. The summed E-state index contributed by atoms with van der Waals surface area (Å²) in [6.45, 7) is 1.94. The lowest BCUT2D eigenvalue weighted by Crippen LogP contribution is -2.24. The summed E-state index contributed by atoms with van der Waals surface area (Å²) < 4.78 is 1.06. The fourth-order valence-electron chi connectivity index (χ4n) is 2.70. The maximum atomic E-state index is 10.5. The van der Waals surface area contributed by atoms with Crippen LogP contribution in [-0.2, 0) is 5.60 Å². The van der Waals surface area contributed by atoms with E-state index < -0.39 is 5.60 Å². The molecule has 88 valence electrons. The van der Waals surface area contributed by atoms with Crippen molar-refractivity contribution >= 4 is 15.9 Å². The van der Waals surface area contributed by atoms with Crippen molar-refractivity contribution in [2.45, 2.75) is 44.6 Å². The minimum Gasteiger partial charge on any atom is -0.385 e. The Morgan fingerprint density at radius 3 is 2.38 bits per heavy atom. The van der Waals surface area contributed by atoms with Gasteiger partial charge in [-0.1, -0.05) is 53.7 Å². The Balaban J connectivity index is 2.07. The molecule has 0 radical (unpaired) electrons. The van der Waals surface area contributed by atoms with E-state index in [0.29, 0.717) is 5.92 Å². The molecular weight excluding hydrogens is 264 g/mol. The average molecular weight is 283 g/mol. The van der Waals surface area contributed by atoms with Crippen molar-refractivity contribution in [3.63, 3.8) is 0 Å². The first kappa shape index (κ1) is 12.1. The zero-order valence-corrected chi connectivity index (χ0v) is 11.3. The van der Waals surface area contributed by atoms with Crippen LogP contribution in [0.1, 0.15) is 44.6 Å². The van der Waals surface area contributed by atoms with Crippen LogP contribution in [0.15, 0.2) is 28.7 Å². The molecule has 16 heavy (non-hydrogen) atoms. The molecule has 0 heterocycles. The van der Waals surface area contributed by atoms with Crippen LogP contribution in [0.3, 0.4) is 0 Å². The Morgan fingerprint density at radius 1 is 1.25 bits per heavy atom. The number of halogens is 1. The Labute approximate surface area is 106 Å². The van der Waals surface area contributed by atoms with Gasteiger partial charge < -0.3 is 5.11 Å². The number of rotatable bonds is 3. The third-order valence-electron chi connectivity index (χ3n) is 3.63. The van der Waals surface area contributed by atoms with E-state index in [4.69, 9.17) is 0 Å². The van der Waals surface area contributed by atoms with E-state index >= 15 is 0 Å². The van der Waals surface area contributed by atoms with Gasteiger partial charge >= 0.3 is 0 Å². The third kappa shape index (κ3) is 2.86. The molecule has 2 heteroatoms. The highest BCUT2D eigenvalue weighted by atomic mass is 79.9. The van der Waals surface area contributed by atoms with Gasteiger partial charge in [0.2, 0.25) is 0 Å². The van der Waals surface area contributed by atoms with Crippen molar-refractivity contribution in [2.75, 3.05) is 0 Å². The van der Waals surface area contributed by atoms with E-state index in [0.717, 1.165) is 16.5 Å². The molecule has 0 aliphatic heterocycles. The monoisotopic (exact) mass is 282 g/mol. The van der Waals surface area contributed by atoms with Crippen molar-refractivity contribution in [2.24, 2.45) is 5.92 Å². The predicted molar refractivity (Wildman–Crippen MR) is 70.3 cm³/mol. The number of hydrogen-bond donors (Lipinski definition) is 1. The van der Waals surface area contributed by atoms with Gasteiger partial charge in [-0.25, -0.2) is 0 Å². The van der Waals surface area contributed by atoms with Crippen LogP contribution in [0.25, 0.3) is 0 Å². The summed E-state index contributed by atoms with van der Waals surface area (Å²) >= 11 is 3.42.